The van der Waals surface area contributed by atoms with Gasteiger partial charge in [-0.15, -0.1) is 0 Å². The van der Waals surface area contributed by atoms with Crippen LogP contribution in [-0.4, -0.2) is 40.2 Å². The molecule has 1 N–H and O–H groups in total. The maximum atomic E-state index is 12.6. The minimum absolute atomic E-state index is 0.187. The summed E-state index contributed by atoms with van der Waals surface area (Å²) in [5, 5.41) is 2.60. The molecule has 28 heavy (non-hydrogen) atoms. The maximum Gasteiger partial charge on any atom is 0.339 e. The van der Waals surface area contributed by atoms with E-state index in [2.05, 4.69) is 5.32 Å². The molecule has 0 aromatic heterocycles. The number of carbonyl (C=O) groups excluding carboxylic acids is 2. The fraction of sp³-hybridized carbons (Fsp3) is 0.300. The summed E-state index contributed by atoms with van der Waals surface area (Å²) in [6.45, 7) is 5.11. The summed E-state index contributed by atoms with van der Waals surface area (Å²) in [6, 6.07) is 10.1. The molecule has 7 nitrogen and oxygen atoms in total. The van der Waals surface area contributed by atoms with Gasteiger partial charge in [0, 0.05) is 0 Å². The fourth-order valence-electron chi connectivity index (χ4n) is 3.13. The number of carbonyl (C=O) groups is 2. The molecule has 0 radical (unpaired) electrons. The molecule has 150 valence electrons. The van der Waals surface area contributed by atoms with E-state index in [0.717, 1.165) is 27.3 Å². The Bertz CT molecular complexity index is 992. The van der Waals surface area contributed by atoms with Crippen molar-refractivity contribution in [2.24, 2.45) is 0 Å². The third kappa shape index (κ3) is 4.89. The largest absolute Gasteiger partial charge is 0.465 e. The number of ether oxygens (including phenoxy) is 1. The summed E-state index contributed by atoms with van der Waals surface area (Å²) < 4.78 is 30.6. The lowest BCUT2D eigenvalue weighted by Gasteiger charge is -2.26. The number of nitrogens with one attached hydrogen (secondary N) is 1. The number of esters is 1. The van der Waals surface area contributed by atoms with Crippen LogP contribution in [0, 0.1) is 20.8 Å². The predicted octanol–water partition coefficient (Wildman–Crippen LogP) is 2.80. The molecule has 0 fully saturated rings. The molecule has 8 heteroatoms. The van der Waals surface area contributed by atoms with E-state index in [-0.39, 0.29) is 11.3 Å². The van der Waals surface area contributed by atoms with Gasteiger partial charge in [-0.05, 0) is 44.0 Å². The van der Waals surface area contributed by atoms with Crippen molar-refractivity contribution in [3.8, 4) is 0 Å². The van der Waals surface area contributed by atoms with Crippen LogP contribution in [0.2, 0.25) is 0 Å². The van der Waals surface area contributed by atoms with Crippen molar-refractivity contribution in [2.75, 3.05) is 29.5 Å². The first kappa shape index (κ1) is 21.4. The van der Waals surface area contributed by atoms with Gasteiger partial charge in [-0.2, -0.15) is 0 Å². The molecule has 2 aromatic carbocycles. The number of methoxy groups -OCH3 is 1. The topological polar surface area (TPSA) is 92.8 Å². The highest BCUT2D eigenvalue weighted by molar-refractivity contribution is 7.92. The van der Waals surface area contributed by atoms with Gasteiger partial charge in [-0.25, -0.2) is 13.2 Å². The Hall–Kier alpha value is -2.87. The van der Waals surface area contributed by atoms with E-state index in [1.165, 1.54) is 13.2 Å². The fourth-order valence-corrected chi connectivity index (χ4v) is 4.10. The molecular weight excluding hydrogens is 380 g/mol. The van der Waals surface area contributed by atoms with E-state index in [1.54, 1.807) is 32.0 Å². The zero-order valence-electron chi connectivity index (χ0n) is 16.6. The van der Waals surface area contributed by atoms with Crippen LogP contribution in [0.25, 0.3) is 0 Å². The Morgan fingerprint density at radius 2 is 1.64 bits per heavy atom. The van der Waals surface area contributed by atoms with E-state index in [0.29, 0.717) is 5.69 Å². The highest BCUT2D eigenvalue weighted by Gasteiger charge is 2.25. The SMILES string of the molecule is COC(=O)c1ccccc1NC(=O)CN(c1c(C)cc(C)cc1C)S(C)(=O)=O. The average Bonchev–Trinajstić information content (AvgIpc) is 2.59. The van der Waals surface area contributed by atoms with E-state index >= 15 is 0 Å². The first-order chi connectivity index (χ1) is 13.0. The zero-order valence-corrected chi connectivity index (χ0v) is 17.4. The van der Waals surface area contributed by atoms with Crippen molar-refractivity contribution < 1.29 is 22.7 Å². The third-order valence-corrected chi connectivity index (χ3v) is 5.29. The van der Waals surface area contributed by atoms with E-state index in [4.69, 9.17) is 4.74 Å². The van der Waals surface area contributed by atoms with Crippen molar-refractivity contribution >= 4 is 33.3 Å². The molecule has 0 spiro atoms. The Labute approximate surface area is 165 Å². The smallest absolute Gasteiger partial charge is 0.339 e. The molecule has 0 aliphatic heterocycles. The van der Waals surface area contributed by atoms with Gasteiger partial charge in [0.2, 0.25) is 15.9 Å². The van der Waals surface area contributed by atoms with Crippen molar-refractivity contribution in [1.29, 1.82) is 0 Å². The van der Waals surface area contributed by atoms with Gasteiger partial charge in [-0.3, -0.25) is 9.10 Å². The number of para-hydroxylation sites is 1. The molecule has 1 amide bonds. The third-order valence-electron chi connectivity index (χ3n) is 4.18. The summed E-state index contributed by atoms with van der Waals surface area (Å²) in [4.78, 5) is 24.5. The molecule has 0 saturated heterocycles. The van der Waals surface area contributed by atoms with Crippen molar-refractivity contribution in [3.63, 3.8) is 0 Å². The van der Waals surface area contributed by atoms with Crippen LogP contribution in [0.5, 0.6) is 0 Å². The van der Waals surface area contributed by atoms with Crippen LogP contribution in [0.1, 0.15) is 27.0 Å². The highest BCUT2D eigenvalue weighted by Crippen LogP contribution is 2.28. The number of aryl methyl sites for hydroxylation is 3. The molecule has 0 unspecified atom stereocenters. The van der Waals surface area contributed by atoms with Crippen LogP contribution in [0.15, 0.2) is 36.4 Å². The van der Waals surface area contributed by atoms with Gasteiger partial charge in [-0.1, -0.05) is 29.8 Å². The summed E-state index contributed by atoms with van der Waals surface area (Å²) in [6.07, 6.45) is 1.06. The normalized spacial score (nSPS) is 11.0. The minimum atomic E-state index is -3.71. The second-order valence-electron chi connectivity index (χ2n) is 6.60. The van der Waals surface area contributed by atoms with Gasteiger partial charge >= 0.3 is 5.97 Å². The maximum absolute atomic E-state index is 12.6. The number of amides is 1. The summed E-state index contributed by atoms with van der Waals surface area (Å²) in [5.41, 5.74) is 3.43. The average molecular weight is 404 g/mol. The number of rotatable bonds is 6. The van der Waals surface area contributed by atoms with Crippen molar-refractivity contribution in [1.82, 2.24) is 0 Å². The van der Waals surface area contributed by atoms with Crippen LogP contribution in [-0.2, 0) is 19.6 Å². The Morgan fingerprint density at radius 1 is 1.07 bits per heavy atom. The van der Waals surface area contributed by atoms with Crippen molar-refractivity contribution in [2.45, 2.75) is 20.8 Å². The Kier molecular flexibility index (Phi) is 6.45. The van der Waals surface area contributed by atoms with Crippen LogP contribution >= 0.6 is 0 Å². The molecular formula is C20H24N2O5S. The molecule has 0 aliphatic carbocycles. The number of benzene rings is 2. The number of hydrogen-bond acceptors (Lipinski definition) is 5. The van der Waals surface area contributed by atoms with E-state index < -0.39 is 28.4 Å². The van der Waals surface area contributed by atoms with Gasteiger partial charge in [0.15, 0.2) is 0 Å². The second-order valence-corrected chi connectivity index (χ2v) is 8.51. The summed E-state index contributed by atoms with van der Waals surface area (Å²) >= 11 is 0. The predicted molar refractivity (Wildman–Crippen MR) is 109 cm³/mol. The number of hydrogen-bond donors (Lipinski definition) is 1. The highest BCUT2D eigenvalue weighted by atomic mass is 32.2. The lowest BCUT2D eigenvalue weighted by molar-refractivity contribution is -0.114. The summed E-state index contributed by atoms with van der Waals surface area (Å²) in [7, 11) is -2.47. The number of sulfonamides is 1. The quantitative estimate of drug-likeness (QED) is 0.748. The van der Waals surface area contributed by atoms with Gasteiger partial charge in [0.25, 0.3) is 0 Å². The molecule has 0 aliphatic rings. The zero-order chi connectivity index (χ0) is 21.1. The van der Waals surface area contributed by atoms with Gasteiger partial charge in [0.1, 0.15) is 6.54 Å². The first-order valence-corrected chi connectivity index (χ1v) is 10.4. The number of anilines is 2. The lowest BCUT2D eigenvalue weighted by Crippen LogP contribution is -2.38. The first-order valence-electron chi connectivity index (χ1n) is 8.57. The monoisotopic (exact) mass is 404 g/mol. The Balaban J connectivity index is 2.36. The van der Waals surface area contributed by atoms with Crippen molar-refractivity contribution in [3.05, 3.63) is 58.7 Å². The molecule has 2 rings (SSSR count). The standard InChI is InChI=1S/C20H24N2O5S/c1-13-10-14(2)19(15(3)11-13)22(28(5,25)26)12-18(23)21-17-9-7-6-8-16(17)20(24)27-4/h6-11H,12H2,1-5H3,(H,21,23). The summed E-state index contributed by atoms with van der Waals surface area (Å²) in [5.74, 6) is -1.16. The molecule has 0 atom stereocenters. The van der Waals surface area contributed by atoms with Gasteiger partial charge < -0.3 is 10.1 Å². The lowest BCUT2D eigenvalue weighted by atomic mass is 10.1. The Morgan fingerprint density at radius 3 is 2.18 bits per heavy atom. The van der Waals surface area contributed by atoms with Crippen LogP contribution in [0.4, 0.5) is 11.4 Å². The molecule has 0 bridgehead atoms. The van der Waals surface area contributed by atoms with Crippen LogP contribution in [0.3, 0.4) is 0 Å². The van der Waals surface area contributed by atoms with Gasteiger partial charge in [0.05, 0.1) is 30.3 Å². The molecule has 0 heterocycles. The van der Waals surface area contributed by atoms with Crippen LogP contribution < -0.4 is 9.62 Å². The molecule has 0 saturated carbocycles. The van der Waals surface area contributed by atoms with E-state index in [1.807, 2.05) is 19.1 Å². The number of nitrogens with zero attached hydrogens (tertiary/aromatic N) is 1. The minimum Gasteiger partial charge on any atom is -0.465 e. The molecule has 2 aromatic rings. The second kappa shape index (κ2) is 8.43. The van der Waals surface area contributed by atoms with E-state index in [9.17, 15) is 18.0 Å².